The Morgan fingerprint density at radius 1 is 1.15 bits per heavy atom. The molecule has 2 aromatic carbocycles. The van der Waals surface area contributed by atoms with E-state index in [9.17, 15) is 17.6 Å². The zero-order valence-electron chi connectivity index (χ0n) is 21.6. The zero-order valence-corrected chi connectivity index (χ0v) is 23.2. The first kappa shape index (κ1) is 28.6. The van der Waals surface area contributed by atoms with Crippen LogP contribution < -0.4 is 14.8 Å². The van der Waals surface area contributed by atoms with Crippen LogP contribution in [0, 0.1) is 17.5 Å². The second kappa shape index (κ2) is 11.5. The van der Waals surface area contributed by atoms with Crippen molar-refractivity contribution >= 4 is 44.1 Å². The third-order valence-electron chi connectivity index (χ3n) is 6.68. The van der Waals surface area contributed by atoms with Crippen molar-refractivity contribution in [2.75, 3.05) is 38.0 Å². The molecule has 5 rings (SSSR count). The topological polar surface area (TPSA) is 129 Å². The van der Waals surface area contributed by atoms with Gasteiger partial charge in [-0.2, -0.15) is 5.10 Å². The molecule has 4 aromatic rings. The fourth-order valence-corrected chi connectivity index (χ4v) is 6.10. The predicted octanol–water partition coefficient (Wildman–Crippen LogP) is 4.33. The standard InChI is InChI=1S/C26H24ClF3N6O4S/c1-40-26-19(12-14(27)13-32-26)41(38,39)35-18-7-6-17(28)20(22(18)30)15-4-5-16-23(21(15)29)33-34-24(16)25(37)31-8-11-36-9-2-3-10-36/h4-7,12-13,35H,2-3,8-11H2,1H3,(H,31,37)(H,33,34). The van der Waals surface area contributed by atoms with Crippen molar-refractivity contribution < 1.29 is 31.1 Å². The van der Waals surface area contributed by atoms with Crippen LogP contribution >= 0.6 is 11.6 Å². The van der Waals surface area contributed by atoms with E-state index in [0.717, 1.165) is 56.4 Å². The fourth-order valence-electron chi connectivity index (χ4n) is 4.67. The maximum atomic E-state index is 15.6. The van der Waals surface area contributed by atoms with Gasteiger partial charge in [0.15, 0.2) is 22.2 Å². The number of hydrogen-bond acceptors (Lipinski definition) is 7. The number of anilines is 1. The monoisotopic (exact) mass is 608 g/mol. The number of methoxy groups -OCH3 is 1. The molecule has 0 atom stereocenters. The van der Waals surface area contributed by atoms with Crippen LogP contribution in [0.2, 0.25) is 5.02 Å². The van der Waals surface area contributed by atoms with Gasteiger partial charge < -0.3 is 15.0 Å². The average molecular weight is 609 g/mol. The summed E-state index contributed by atoms with van der Waals surface area (Å²) in [6.45, 7) is 2.99. The Morgan fingerprint density at radius 3 is 2.63 bits per heavy atom. The number of nitrogens with one attached hydrogen (secondary N) is 3. The Bertz CT molecular complexity index is 1750. The van der Waals surface area contributed by atoms with Crippen LogP contribution in [0.4, 0.5) is 18.9 Å². The van der Waals surface area contributed by atoms with E-state index in [1.165, 1.54) is 13.2 Å². The highest BCUT2D eigenvalue weighted by Gasteiger charge is 2.27. The van der Waals surface area contributed by atoms with Gasteiger partial charge in [0.25, 0.3) is 15.9 Å². The highest BCUT2D eigenvalue weighted by atomic mass is 35.5. The number of aromatic nitrogens is 3. The molecule has 0 radical (unpaired) electrons. The summed E-state index contributed by atoms with van der Waals surface area (Å²) >= 11 is 5.87. The van der Waals surface area contributed by atoms with Gasteiger partial charge in [0.2, 0.25) is 5.88 Å². The molecule has 1 saturated heterocycles. The van der Waals surface area contributed by atoms with E-state index in [-0.39, 0.29) is 27.5 Å². The minimum atomic E-state index is -4.52. The lowest BCUT2D eigenvalue weighted by molar-refractivity contribution is 0.0946. The maximum absolute atomic E-state index is 15.6. The van der Waals surface area contributed by atoms with E-state index in [1.54, 1.807) is 0 Å². The molecular formula is C26H24ClF3N6O4S. The first-order valence-corrected chi connectivity index (χ1v) is 14.3. The van der Waals surface area contributed by atoms with Crippen LogP contribution in [0.15, 0.2) is 41.4 Å². The van der Waals surface area contributed by atoms with Gasteiger partial charge in [-0.3, -0.25) is 14.6 Å². The number of carbonyl (C=O) groups excluding carboxylic acids is 1. The number of likely N-dealkylation sites (tertiary alicyclic amines) is 1. The Hall–Kier alpha value is -3.88. The van der Waals surface area contributed by atoms with Crippen LogP contribution in [0.5, 0.6) is 5.88 Å². The quantitative estimate of drug-likeness (QED) is 0.258. The van der Waals surface area contributed by atoms with Crippen LogP contribution in [-0.2, 0) is 10.0 Å². The van der Waals surface area contributed by atoms with E-state index in [4.69, 9.17) is 16.3 Å². The summed E-state index contributed by atoms with van der Waals surface area (Å²) in [5.41, 5.74) is -2.32. The Kier molecular flexibility index (Phi) is 8.07. The van der Waals surface area contributed by atoms with Crippen LogP contribution in [0.3, 0.4) is 0 Å². The lowest BCUT2D eigenvalue weighted by atomic mass is 10.0. The van der Waals surface area contributed by atoms with Crippen molar-refractivity contribution in [1.82, 2.24) is 25.4 Å². The van der Waals surface area contributed by atoms with Gasteiger partial charge in [-0.25, -0.2) is 26.6 Å². The molecule has 0 saturated carbocycles. The van der Waals surface area contributed by atoms with E-state index in [2.05, 4.69) is 25.4 Å². The number of amides is 1. The van der Waals surface area contributed by atoms with Crippen molar-refractivity contribution in [3.8, 4) is 17.0 Å². The SMILES string of the molecule is COc1ncc(Cl)cc1S(=O)(=O)Nc1ccc(F)c(-c2ccc3c(C(=O)NCCN4CCCC4)n[nH]c3c2F)c1F. The van der Waals surface area contributed by atoms with Gasteiger partial charge in [-0.1, -0.05) is 17.7 Å². The Labute approximate surface area is 237 Å². The number of benzene rings is 2. The minimum Gasteiger partial charge on any atom is -0.480 e. The summed E-state index contributed by atoms with van der Waals surface area (Å²) in [6.07, 6.45) is 3.39. The predicted molar refractivity (Wildman–Crippen MR) is 146 cm³/mol. The number of H-pyrrole nitrogens is 1. The van der Waals surface area contributed by atoms with Crippen molar-refractivity contribution in [3.63, 3.8) is 0 Å². The summed E-state index contributed by atoms with van der Waals surface area (Å²) in [7, 11) is -3.33. The van der Waals surface area contributed by atoms with E-state index >= 15 is 8.78 Å². The van der Waals surface area contributed by atoms with Crippen molar-refractivity contribution in [2.45, 2.75) is 17.7 Å². The molecule has 1 fully saturated rings. The van der Waals surface area contributed by atoms with Gasteiger partial charge in [0, 0.05) is 30.2 Å². The average Bonchev–Trinajstić information content (AvgIpc) is 3.62. The second-order valence-electron chi connectivity index (χ2n) is 9.28. The summed E-state index contributed by atoms with van der Waals surface area (Å²) in [5.74, 6) is -4.44. The smallest absolute Gasteiger partial charge is 0.272 e. The number of ether oxygens (including phenoxy) is 1. The maximum Gasteiger partial charge on any atom is 0.272 e. The molecule has 15 heteroatoms. The molecular weight excluding hydrogens is 585 g/mol. The van der Waals surface area contributed by atoms with Gasteiger partial charge in [-0.05, 0) is 50.2 Å². The number of nitrogens with zero attached hydrogens (tertiary/aromatic N) is 3. The molecule has 1 amide bonds. The van der Waals surface area contributed by atoms with Crippen LogP contribution in [0.1, 0.15) is 23.3 Å². The Morgan fingerprint density at radius 2 is 1.90 bits per heavy atom. The molecule has 3 heterocycles. The second-order valence-corrected chi connectivity index (χ2v) is 11.4. The molecule has 1 aliphatic rings. The Balaban J connectivity index is 1.45. The van der Waals surface area contributed by atoms with Crippen molar-refractivity contribution in [3.05, 3.63) is 64.7 Å². The van der Waals surface area contributed by atoms with Crippen molar-refractivity contribution in [2.24, 2.45) is 0 Å². The number of fused-ring (bicyclic) bond motifs is 1. The third kappa shape index (κ3) is 5.67. The number of hydrogen-bond donors (Lipinski definition) is 3. The lowest BCUT2D eigenvalue weighted by Crippen LogP contribution is -2.33. The lowest BCUT2D eigenvalue weighted by Gasteiger charge is -2.14. The fraction of sp³-hybridized carbons (Fsp3) is 0.269. The van der Waals surface area contributed by atoms with E-state index < -0.39 is 55.1 Å². The number of pyridine rings is 1. The van der Waals surface area contributed by atoms with Crippen LogP contribution in [0.25, 0.3) is 22.0 Å². The summed E-state index contributed by atoms with van der Waals surface area (Å²) in [5, 5.41) is 9.17. The largest absolute Gasteiger partial charge is 0.480 e. The number of carbonyl (C=O) groups is 1. The minimum absolute atomic E-state index is 0.0268. The van der Waals surface area contributed by atoms with Gasteiger partial charge in [-0.15, -0.1) is 0 Å². The third-order valence-corrected chi connectivity index (χ3v) is 8.24. The van der Waals surface area contributed by atoms with E-state index in [1.807, 2.05) is 4.72 Å². The number of halogens is 4. The molecule has 216 valence electrons. The van der Waals surface area contributed by atoms with Crippen molar-refractivity contribution in [1.29, 1.82) is 0 Å². The first-order chi connectivity index (χ1) is 19.6. The number of aromatic amines is 1. The molecule has 0 bridgehead atoms. The molecule has 0 spiro atoms. The molecule has 2 aromatic heterocycles. The number of sulfonamides is 1. The number of rotatable bonds is 9. The van der Waals surface area contributed by atoms with E-state index in [0.29, 0.717) is 13.1 Å². The molecule has 10 nitrogen and oxygen atoms in total. The highest BCUT2D eigenvalue weighted by Crippen LogP contribution is 2.36. The highest BCUT2D eigenvalue weighted by molar-refractivity contribution is 7.92. The van der Waals surface area contributed by atoms with Gasteiger partial charge >= 0.3 is 0 Å². The molecule has 0 aliphatic carbocycles. The van der Waals surface area contributed by atoms with Crippen LogP contribution in [-0.4, -0.2) is 67.7 Å². The molecule has 0 unspecified atom stereocenters. The zero-order chi connectivity index (χ0) is 29.3. The van der Waals surface area contributed by atoms with Gasteiger partial charge in [0.1, 0.15) is 11.3 Å². The molecule has 41 heavy (non-hydrogen) atoms. The normalized spacial score (nSPS) is 14.0. The summed E-state index contributed by atoms with van der Waals surface area (Å²) in [6, 6.07) is 5.10. The molecule has 3 N–H and O–H groups in total. The summed E-state index contributed by atoms with van der Waals surface area (Å²) in [4.78, 5) is 18.2. The van der Waals surface area contributed by atoms with Gasteiger partial charge in [0.05, 0.1) is 23.4 Å². The molecule has 1 aliphatic heterocycles. The first-order valence-electron chi connectivity index (χ1n) is 12.5. The summed E-state index contributed by atoms with van der Waals surface area (Å²) < 4.78 is 79.1.